The Hall–Kier alpha value is -2.86. The molecule has 0 unspecified atom stereocenters. The van der Waals surface area contributed by atoms with Gasteiger partial charge in [0.2, 0.25) is 17.7 Å². The van der Waals surface area contributed by atoms with Gasteiger partial charge in [-0.15, -0.1) is 0 Å². The first-order valence-electron chi connectivity index (χ1n) is 8.39. The van der Waals surface area contributed by atoms with Gasteiger partial charge in [0.15, 0.2) is 0 Å². The highest BCUT2D eigenvalue weighted by Crippen LogP contribution is 2.31. The van der Waals surface area contributed by atoms with Gasteiger partial charge in [-0.2, -0.15) is 0 Å². The molecule has 27 heavy (non-hydrogen) atoms. The SMILES string of the molecule is CC(=O)Nc1ccc(NC(=O)CN(C(C)=O)c2c(C)cc(C)cc2Cl)cc1. The lowest BCUT2D eigenvalue weighted by molar-refractivity contribution is -0.120. The summed E-state index contributed by atoms with van der Waals surface area (Å²) in [5.74, 6) is -0.803. The molecular formula is C20H22ClN3O3. The molecule has 6 nitrogen and oxygen atoms in total. The third-order valence-corrected chi connectivity index (χ3v) is 4.13. The van der Waals surface area contributed by atoms with Crippen molar-refractivity contribution in [3.8, 4) is 0 Å². The minimum atomic E-state index is -0.353. The number of carbonyl (C=O) groups excluding carboxylic acids is 3. The fourth-order valence-electron chi connectivity index (χ4n) is 2.78. The summed E-state index contributed by atoms with van der Waals surface area (Å²) < 4.78 is 0. The first-order chi connectivity index (χ1) is 12.7. The first kappa shape index (κ1) is 20.5. The van der Waals surface area contributed by atoms with Crippen molar-refractivity contribution < 1.29 is 14.4 Å². The molecule has 142 valence electrons. The number of halogens is 1. The minimum absolute atomic E-state index is 0.160. The molecule has 0 radical (unpaired) electrons. The summed E-state index contributed by atoms with van der Waals surface area (Å²) in [6.45, 7) is 6.42. The Morgan fingerprint density at radius 2 is 1.52 bits per heavy atom. The van der Waals surface area contributed by atoms with Crippen LogP contribution in [0.2, 0.25) is 5.02 Å². The van der Waals surface area contributed by atoms with Gasteiger partial charge in [0.1, 0.15) is 6.54 Å². The van der Waals surface area contributed by atoms with Crippen LogP contribution in [0.3, 0.4) is 0 Å². The van der Waals surface area contributed by atoms with E-state index in [1.165, 1.54) is 18.7 Å². The van der Waals surface area contributed by atoms with Crippen LogP contribution in [0.5, 0.6) is 0 Å². The predicted octanol–water partition coefficient (Wildman–Crippen LogP) is 3.91. The number of hydrogen-bond acceptors (Lipinski definition) is 3. The summed E-state index contributed by atoms with van der Waals surface area (Å²) in [5.41, 5.74) is 3.53. The van der Waals surface area contributed by atoms with E-state index >= 15 is 0 Å². The van der Waals surface area contributed by atoms with Crippen LogP contribution < -0.4 is 15.5 Å². The zero-order valence-corrected chi connectivity index (χ0v) is 16.5. The van der Waals surface area contributed by atoms with Crippen molar-refractivity contribution in [3.63, 3.8) is 0 Å². The van der Waals surface area contributed by atoms with E-state index < -0.39 is 0 Å². The number of benzene rings is 2. The Bertz CT molecular complexity index is 856. The van der Waals surface area contributed by atoms with Crippen LogP contribution >= 0.6 is 11.6 Å². The molecule has 0 bridgehead atoms. The van der Waals surface area contributed by atoms with Gasteiger partial charge < -0.3 is 15.5 Å². The normalized spacial score (nSPS) is 10.3. The molecule has 0 saturated carbocycles. The average Bonchev–Trinajstić information content (AvgIpc) is 2.54. The molecule has 2 N–H and O–H groups in total. The maximum atomic E-state index is 12.4. The number of amides is 3. The molecule has 0 heterocycles. The highest BCUT2D eigenvalue weighted by molar-refractivity contribution is 6.34. The van der Waals surface area contributed by atoms with E-state index in [4.69, 9.17) is 11.6 Å². The van der Waals surface area contributed by atoms with E-state index in [2.05, 4.69) is 10.6 Å². The van der Waals surface area contributed by atoms with Gasteiger partial charge in [0.25, 0.3) is 0 Å². The van der Waals surface area contributed by atoms with Crippen LogP contribution in [0.1, 0.15) is 25.0 Å². The molecule has 0 aliphatic heterocycles. The van der Waals surface area contributed by atoms with Gasteiger partial charge in [-0.1, -0.05) is 17.7 Å². The molecule has 2 rings (SSSR count). The van der Waals surface area contributed by atoms with E-state index in [0.717, 1.165) is 11.1 Å². The molecule has 0 spiro atoms. The number of carbonyl (C=O) groups is 3. The highest BCUT2D eigenvalue weighted by atomic mass is 35.5. The van der Waals surface area contributed by atoms with E-state index in [0.29, 0.717) is 22.1 Å². The molecule has 2 aromatic carbocycles. The van der Waals surface area contributed by atoms with E-state index in [1.807, 2.05) is 19.9 Å². The van der Waals surface area contributed by atoms with Gasteiger partial charge in [0.05, 0.1) is 10.7 Å². The van der Waals surface area contributed by atoms with Crippen LogP contribution in [-0.4, -0.2) is 24.3 Å². The third-order valence-electron chi connectivity index (χ3n) is 3.84. The second kappa shape index (κ2) is 8.68. The quantitative estimate of drug-likeness (QED) is 0.816. The van der Waals surface area contributed by atoms with E-state index in [1.54, 1.807) is 30.3 Å². The fraction of sp³-hybridized carbons (Fsp3) is 0.250. The zero-order chi connectivity index (χ0) is 20.1. The second-order valence-corrected chi connectivity index (χ2v) is 6.73. The topological polar surface area (TPSA) is 78.5 Å². The van der Waals surface area contributed by atoms with Crippen LogP contribution in [0, 0.1) is 13.8 Å². The zero-order valence-electron chi connectivity index (χ0n) is 15.7. The molecule has 0 atom stereocenters. The van der Waals surface area contributed by atoms with Gasteiger partial charge >= 0.3 is 0 Å². The standard InChI is InChI=1S/C20H22ClN3O3/c1-12-9-13(2)20(18(21)10-12)24(15(4)26)11-19(27)23-17-7-5-16(6-8-17)22-14(3)25/h5-10H,11H2,1-4H3,(H,22,25)(H,23,27). The number of hydrogen-bond donors (Lipinski definition) is 2. The smallest absolute Gasteiger partial charge is 0.244 e. The summed E-state index contributed by atoms with van der Waals surface area (Å²) in [5, 5.41) is 5.82. The van der Waals surface area contributed by atoms with E-state index in [-0.39, 0.29) is 24.3 Å². The van der Waals surface area contributed by atoms with Crippen LogP contribution in [0.25, 0.3) is 0 Å². The first-order valence-corrected chi connectivity index (χ1v) is 8.77. The lowest BCUT2D eigenvalue weighted by atomic mass is 10.1. The highest BCUT2D eigenvalue weighted by Gasteiger charge is 2.20. The van der Waals surface area contributed by atoms with Crippen molar-refractivity contribution in [2.75, 3.05) is 22.1 Å². The molecular weight excluding hydrogens is 366 g/mol. The largest absolute Gasteiger partial charge is 0.326 e. The predicted molar refractivity (Wildman–Crippen MR) is 108 cm³/mol. The molecule has 0 saturated heterocycles. The third kappa shape index (κ3) is 5.56. The van der Waals surface area contributed by atoms with Gasteiger partial charge in [-0.25, -0.2) is 0 Å². The Balaban J connectivity index is 2.14. The van der Waals surface area contributed by atoms with Gasteiger partial charge in [-0.3, -0.25) is 14.4 Å². The Morgan fingerprint density at radius 3 is 2.00 bits per heavy atom. The second-order valence-electron chi connectivity index (χ2n) is 6.32. The number of nitrogens with one attached hydrogen (secondary N) is 2. The summed E-state index contributed by atoms with van der Waals surface area (Å²) >= 11 is 6.32. The number of rotatable bonds is 5. The summed E-state index contributed by atoms with van der Waals surface area (Å²) in [6.07, 6.45) is 0. The Kier molecular flexibility index (Phi) is 6.58. The Morgan fingerprint density at radius 1 is 0.963 bits per heavy atom. The van der Waals surface area contributed by atoms with Crippen molar-refractivity contribution >= 4 is 46.4 Å². The van der Waals surface area contributed by atoms with E-state index in [9.17, 15) is 14.4 Å². The number of anilines is 3. The number of nitrogens with zero attached hydrogens (tertiary/aromatic N) is 1. The fourth-order valence-corrected chi connectivity index (χ4v) is 3.21. The lowest BCUT2D eigenvalue weighted by Crippen LogP contribution is -2.37. The van der Waals surface area contributed by atoms with Crippen molar-refractivity contribution in [3.05, 3.63) is 52.5 Å². The number of aryl methyl sites for hydroxylation is 2. The van der Waals surface area contributed by atoms with Crippen molar-refractivity contribution in [1.29, 1.82) is 0 Å². The molecule has 2 aromatic rings. The molecule has 7 heteroatoms. The lowest BCUT2D eigenvalue weighted by Gasteiger charge is -2.24. The van der Waals surface area contributed by atoms with Crippen molar-refractivity contribution in [2.45, 2.75) is 27.7 Å². The van der Waals surface area contributed by atoms with Crippen molar-refractivity contribution in [2.24, 2.45) is 0 Å². The molecule has 0 aliphatic rings. The monoisotopic (exact) mass is 387 g/mol. The molecule has 0 aromatic heterocycles. The van der Waals surface area contributed by atoms with Crippen molar-refractivity contribution in [1.82, 2.24) is 0 Å². The molecule has 0 aliphatic carbocycles. The van der Waals surface area contributed by atoms with Crippen LogP contribution in [0.4, 0.5) is 17.1 Å². The summed E-state index contributed by atoms with van der Waals surface area (Å²) in [7, 11) is 0. The summed E-state index contributed by atoms with van der Waals surface area (Å²) in [4.78, 5) is 37.0. The van der Waals surface area contributed by atoms with Gasteiger partial charge in [0, 0.05) is 25.2 Å². The molecule has 0 fully saturated rings. The average molecular weight is 388 g/mol. The maximum absolute atomic E-state index is 12.4. The maximum Gasteiger partial charge on any atom is 0.244 e. The van der Waals surface area contributed by atoms with Crippen LogP contribution in [-0.2, 0) is 14.4 Å². The Labute approximate surface area is 163 Å². The van der Waals surface area contributed by atoms with Crippen LogP contribution in [0.15, 0.2) is 36.4 Å². The molecule has 3 amide bonds. The minimum Gasteiger partial charge on any atom is -0.326 e. The summed E-state index contributed by atoms with van der Waals surface area (Å²) in [6, 6.07) is 10.4. The van der Waals surface area contributed by atoms with Gasteiger partial charge in [-0.05, 0) is 55.3 Å².